The van der Waals surface area contributed by atoms with Crippen molar-refractivity contribution in [3.8, 4) is 0 Å². The molecule has 6 N–H and O–H groups in total. The van der Waals surface area contributed by atoms with Crippen LogP contribution in [0.5, 0.6) is 0 Å². The van der Waals surface area contributed by atoms with Crippen molar-refractivity contribution < 1.29 is 33.8 Å². The van der Waals surface area contributed by atoms with E-state index in [-0.39, 0.29) is 11.8 Å². The molecule has 0 heterocycles. The molecule has 0 aromatic heterocycles. The van der Waals surface area contributed by atoms with E-state index in [1.54, 1.807) is 41.5 Å². The summed E-state index contributed by atoms with van der Waals surface area (Å²) in [6.45, 7) is 10.2. The molecular formula is C20H36N4O7. The largest absolute Gasteiger partial charge is 0.481 e. The highest BCUT2D eigenvalue weighted by molar-refractivity contribution is 5.95. The molecule has 0 spiro atoms. The van der Waals surface area contributed by atoms with Crippen LogP contribution in [0, 0.1) is 17.8 Å². The Hall–Kier alpha value is -2.69. The van der Waals surface area contributed by atoms with Gasteiger partial charge in [0.25, 0.3) is 0 Å². The molecule has 0 saturated heterocycles. The lowest BCUT2D eigenvalue weighted by molar-refractivity contribution is -0.147. The zero-order chi connectivity index (χ0) is 24.5. The third-order valence-corrected chi connectivity index (χ3v) is 4.70. The summed E-state index contributed by atoms with van der Waals surface area (Å²) in [6, 6.07) is -4.36. The van der Waals surface area contributed by atoms with E-state index in [0.29, 0.717) is 0 Å². The summed E-state index contributed by atoms with van der Waals surface area (Å²) in [6.07, 6.45) is -0.689. The first kappa shape index (κ1) is 28.3. The summed E-state index contributed by atoms with van der Waals surface area (Å²) < 4.78 is 4.70. The van der Waals surface area contributed by atoms with Crippen molar-refractivity contribution in [3.63, 3.8) is 0 Å². The van der Waals surface area contributed by atoms with E-state index in [4.69, 9.17) is 15.6 Å². The van der Waals surface area contributed by atoms with Gasteiger partial charge in [0.05, 0.1) is 19.6 Å². The minimum atomic E-state index is -1.43. The molecule has 0 aliphatic carbocycles. The van der Waals surface area contributed by atoms with E-state index in [0.717, 1.165) is 0 Å². The van der Waals surface area contributed by atoms with E-state index in [9.17, 15) is 24.0 Å². The summed E-state index contributed by atoms with van der Waals surface area (Å²) in [7, 11) is 1.20. The first-order chi connectivity index (χ1) is 14.2. The molecule has 0 aliphatic rings. The number of amides is 3. The van der Waals surface area contributed by atoms with Crippen molar-refractivity contribution in [3.05, 3.63) is 0 Å². The molecule has 0 saturated carbocycles. The molecule has 0 aliphatic heterocycles. The van der Waals surface area contributed by atoms with Gasteiger partial charge in [-0.05, 0) is 17.8 Å². The molecule has 0 unspecified atom stereocenters. The molecular weight excluding hydrogens is 408 g/mol. The van der Waals surface area contributed by atoms with Gasteiger partial charge in [-0.25, -0.2) is 4.79 Å². The Morgan fingerprint density at radius 2 is 1.26 bits per heavy atom. The molecule has 0 bridgehead atoms. The van der Waals surface area contributed by atoms with E-state index in [2.05, 4.69) is 16.0 Å². The van der Waals surface area contributed by atoms with Crippen LogP contribution in [0.25, 0.3) is 0 Å². The fourth-order valence-corrected chi connectivity index (χ4v) is 2.61. The van der Waals surface area contributed by atoms with Gasteiger partial charge in [0.1, 0.15) is 18.1 Å². The van der Waals surface area contributed by atoms with Gasteiger partial charge in [0.15, 0.2) is 0 Å². The number of rotatable bonds is 12. The molecule has 3 amide bonds. The normalized spacial score (nSPS) is 15.1. The maximum absolute atomic E-state index is 12.8. The Labute approximate surface area is 182 Å². The van der Waals surface area contributed by atoms with E-state index >= 15 is 0 Å². The molecule has 4 atom stereocenters. The highest BCUT2D eigenvalue weighted by Crippen LogP contribution is 2.09. The number of ether oxygens (including phenoxy) is 1. The highest BCUT2D eigenvalue weighted by atomic mass is 16.5. The smallest absolute Gasteiger partial charge is 0.328 e. The fraction of sp³-hybridized carbons (Fsp3) is 0.750. The Balaban J connectivity index is 5.50. The predicted molar refractivity (Wildman–Crippen MR) is 113 cm³/mol. The molecule has 0 aromatic rings. The molecule has 0 aromatic carbocycles. The number of carbonyl (C=O) groups excluding carboxylic acids is 4. The van der Waals surface area contributed by atoms with Crippen LogP contribution in [-0.4, -0.2) is 66.0 Å². The zero-order valence-electron chi connectivity index (χ0n) is 19.2. The van der Waals surface area contributed by atoms with Crippen LogP contribution in [0.4, 0.5) is 0 Å². The third-order valence-electron chi connectivity index (χ3n) is 4.70. The van der Waals surface area contributed by atoms with Crippen LogP contribution in [0.1, 0.15) is 48.0 Å². The Bertz CT molecular complexity index is 664. The maximum Gasteiger partial charge on any atom is 0.328 e. The van der Waals surface area contributed by atoms with Crippen molar-refractivity contribution in [2.45, 2.75) is 72.1 Å². The zero-order valence-corrected chi connectivity index (χ0v) is 19.2. The summed E-state index contributed by atoms with van der Waals surface area (Å²) in [4.78, 5) is 60.8. The number of aliphatic carboxylic acids is 1. The average Bonchev–Trinajstić information content (AvgIpc) is 2.66. The first-order valence-corrected chi connectivity index (χ1v) is 10.2. The lowest BCUT2D eigenvalue weighted by atomic mass is 9.99. The van der Waals surface area contributed by atoms with Crippen LogP contribution in [0.3, 0.4) is 0 Å². The number of methoxy groups -OCH3 is 1. The SMILES string of the molecule is COC(=O)[C@@H](NC(=O)[C@H](NC(=O)[C@H](CC(=O)O)NC(=O)[C@H](N)C(C)C)C(C)C)C(C)C. The fourth-order valence-electron chi connectivity index (χ4n) is 2.61. The van der Waals surface area contributed by atoms with Gasteiger partial charge in [-0.2, -0.15) is 0 Å². The number of nitrogens with two attached hydrogens (primary N) is 1. The van der Waals surface area contributed by atoms with Crippen LogP contribution in [0.2, 0.25) is 0 Å². The van der Waals surface area contributed by atoms with Crippen molar-refractivity contribution in [1.29, 1.82) is 0 Å². The van der Waals surface area contributed by atoms with E-state index < -0.39 is 66.2 Å². The third kappa shape index (κ3) is 9.33. The number of carboxylic acid groups (broad SMARTS) is 1. The molecule has 178 valence electrons. The molecule has 11 heteroatoms. The number of carbonyl (C=O) groups is 5. The standard InChI is InChI=1S/C20H36N4O7/c1-9(2)14(21)18(28)22-12(8-13(25)26)17(27)23-15(10(3)4)19(29)24-16(11(5)6)20(30)31-7/h9-12,14-16H,8,21H2,1-7H3,(H,22,28)(H,23,27)(H,24,29)(H,25,26)/t12-,14+,15+,16-/m0/s1. The minimum absolute atomic E-state index is 0.228. The number of hydrogen-bond acceptors (Lipinski definition) is 7. The second kappa shape index (κ2) is 12.9. The quantitative estimate of drug-likeness (QED) is 0.247. The van der Waals surface area contributed by atoms with Gasteiger partial charge in [-0.1, -0.05) is 41.5 Å². The number of nitrogens with one attached hydrogen (secondary N) is 3. The highest BCUT2D eigenvalue weighted by Gasteiger charge is 2.34. The monoisotopic (exact) mass is 444 g/mol. The van der Waals surface area contributed by atoms with Gasteiger partial charge >= 0.3 is 11.9 Å². The van der Waals surface area contributed by atoms with Crippen LogP contribution < -0.4 is 21.7 Å². The molecule has 0 rings (SSSR count). The molecule has 0 radical (unpaired) electrons. The second-order valence-electron chi connectivity index (χ2n) is 8.41. The average molecular weight is 445 g/mol. The van der Waals surface area contributed by atoms with E-state index in [1.165, 1.54) is 7.11 Å². The van der Waals surface area contributed by atoms with Crippen LogP contribution in [0.15, 0.2) is 0 Å². The number of hydrogen-bond donors (Lipinski definition) is 5. The second-order valence-corrected chi connectivity index (χ2v) is 8.41. The van der Waals surface area contributed by atoms with Gasteiger partial charge in [0, 0.05) is 0 Å². The molecule has 11 nitrogen and oxygen atoms in total. The maximum atomic E-state index is 12.8. The predicted octanol–water partition coefficient (Wildman–Crippen LogP) is -0.616. The summed E-state index contributed by atoms with van der Waals surface area (Å²) in [5, 5.41) is 16.5. The van der Waals surface area contributed by atoms with Crippen molar-refractivity contribution in [2.75, 3.05) is 7.11 Å². The van der Waals surface area contributed by atoms with Crippen molar-refractivity contribution in [1.82, 2.24) is 16.0 Å². The lowest BCUT2D eigenvalue weighted by Crippen LogP contribution is -2.59. The summed E-state index contributed by atoms with van der Waals surface area (Å²) in [5.74, 6) is -4.98. The summed E-state index contributed by atoms with van der Waals surface area (Å²) in [5.41, 5.74) is 5.76. The Morgan fingerprint density at radius 1 is 0.774 bits per heavy atom. The Kier molecular flexibility index (Phi) is 11.8. The topological polar surface area (TPSA) is 177 Å². The van der Waals surface area contributed by atoms with Gasteiger partial charge in [-0.3, -0.25) is 19.2 Å². The van der Waals surface area contributed by atoms with E-state index in [1.807, 2.05) is 0 Å². The minimum Gasteiger partial charge on any atom is -0.481 e. The Morgan fingerprint density at radius 3 is 1.65 bits per heavy atom. The van der Waals surface area contributed by atoms with Crippen LogP contribution >= 0.6 is 0 Å². The number of esters is 1. The summed E-state index contributed by atoms with van der Waals surface area (Å²) >= 11 is 0. The number of carboxylic acids is 1. The first-order valence-electron chi connectivity index (χ1n) is 10.2. The van der Waals surface area contributed by atoms with Crippen molar-refractivity contribution >= 4 is 29.7 Å². The molecule has 0 fully saturated rings. The van der Waals surface area contributed by atoms with Crippen molar-refractivity contribution in [2.24, 2.45) is 23.5 Å². The van der Waals surface area contributed by atoms with Crippen LogP contribution in [-0.2, 0) is 28.7 Å². The van der Waals surface area contributed by atoms with Gasteiger partial charge in [-0.15, -0.1) is 0 Å². The van der Waals surface area contributed by atoms with Gasteiger partial charge < -0.3 is 31.5 Å². The lowest BCUT2D eigenvalue weighted by Gasteiger charge is -2.28. The molecule has 31 heavy (non-hydrogen) atoms. The van der Waals surface area contributed by atoms with Gasteiger partial charge in [0.2, 0.25) is 17.7 Å².